The third-order valence-corrected chi connectivity index (χ3v) is 6.38. The molecule has 0 radical (unpaired) electrons. The van der Waals surface area contributed by atoms with E-state index in [-0.39, 0.29) is 17.5 Å². The number of rotatable bonds is 8. The molecule has 0 saturated carbocycles. The molecule has 1 aliphatic rings. The van der Waals surface area contributed by atoms with E-state index in [0.717, 1.165) is 24.0 Å². The number of benzene rings is 3. The van der Waals surface area contributed by atoms with Crippen molar-refractivity contribution in [3.63, 3.8) is 0 Å². The molecule has 1 fully saturated rings. The maximum absolute atomic E-state index is 13.6. The topological polar surface area (TPSA) is 114 Å². The predicted molar refractivity (Wildman–Crippen MR) is 137 cm³/mol. The number of carbonyl (C=O) groups is 3. The first-order valence-corrected chi connectivity index (χ1v) is 12.0. The van der Waals surface area contributed by atoms with Crippen LogP contribution in [0.3, 0.4) is 0 Å². The van der Waals surface area contributed by atoms with E-state index in [0.29, 0.717) is 41.8 Å². The maximum Gasteiger partial charge on any atom is 0.308 e. The van der Waals surface area contributed by atoms with Crippen LogP contribution in [0.5, 0.6) is 5.75 Å². The number of ketones is 1. The number of carbonyl (C=O) groups excluding carboxylic acids is 3. The van der Waals surface area contributed by atoms with Gasteiger partial charge in [0, 0.05) is 30.2 Å². The number of Topliss-reactive ketones (excluding diaryl/α,β-unsaturated/α-hetero) is 1. The molecule has 7 heteroatoms. The van der Waals surface area contributed by atoms with E-state index in [2.05, 4.69) is 0 Å². The van der Waals surface area contributed by atoms with E-state index in [9.17, 15) is 14.4 Å². The third-order valence-electron chi connectivity index (χ3n) is 6.38. The molecule has 3 N–H and O–H groups in total. The molecule has 184 valence electrons. The van der Waals surface area contributed by atoms with Gasteiger partial charge in [0.1, 0.15) is 11.6 Å². The number of amides is 1. The predicted octanol–water partition coefficient (Wildman–Crippen LogP) is 4.17. The fraction of sp³-hybridized carbons (Fsp3) is 0.241. The molecule has 1 heterocycles. The summed E-state index contributed by atoms with van der Waals surface area (Å²) in [5.74, 6) is -0.389. The summed E-state index contributed by atoms with van der Waals surface area (Å²) < 4.78 is 5.40. The van der Waals surface area contributed by atoms with Crippen molar-refractivity contribution >= 4 is 23.5 Å². The van der Waals surface area contributed by atoms with Crippen molar-refractivity contribution in [3.05, 3.63) is 101 Å². The highest BCUT2D eigenvalue weighted by molar-refractivity contribution is 6.05. The molecule has 1 saturated heterocycles. The summed E-state index contributed by atoms with van der Waals surface area (Å²) in [7, 11) is 0. The van der Waals surface area contributed by atoms with E-state index in [1.807, 2.05) is 30.3 Å². The lowest BCUT2D eigenvalue weighted by atomic mass is 9.96. The van der Waals surface area contributed by atoms with Crippen LogP contribution in [0.25, 0.3) is 0 Å². The molecule has 3 aromatic rings. The molecule has 3 aromatic carbocycles. The van der Waals surface area contributed by atoms with Crippen LogP contribution in [-0.4, -0.2) is 41.0 Å². The Hall–Kier alpha value is -4.26. The lowest BCUT2D eigenvalue weighted by Crippen LogP contribution is -2.40. The van der Waals surface area contributed by atoms with Crippen molar-refractivity contribution in [1.82, 2.24) is 4.90 Å². The Morgan fingerprint density at radius 3 is 2.28 bits per heavy atom. The zero-order valence-corrected chi connectivity index (χ0v) is 20.2. The number of nitrogens with two attached hydrogens (primary N) is 1. The Kier molecular flexibility index (Phi) is 7.59. The molecule has 4 rings (SSSR count). The van der Waals surface area contributed by atoms with Crippen LogP contribution < -0.4 is 10.5 Å². The highest BCUT2D eigenvalue weighted by Crippen LogP contribution is 2.27. The molecule has 0 spiro atoms. The minimum atomic E-state index is -0.563. The Balaban J connectivity index is 1.55. The second-order valence-corrected chi connectivity index (χ2v) is 8.91. The van der Waals surface area contributed by atoms with Crippen LogP contribution in [0.4, 0.5) is 0 Å². The Morgan fingerprint density at radius 1 is 0.944 bits per heavy atom. The van der Waals surface area contributed by atoms with Crippen LogP contribution in [0.1, 0.15) is 57.2 Å². The second-order valence-electron chi connectivity index (χ2n) is 8.91. The molecule has 1 aliphatic heterocycles. The van der Waals surface area contributed by atoms with E-state index >= 15 is 0 Å². The van der Waals surface area contributed by atoms with Gasteiger partial charge in [0.2, 0.25) is 0 Å². The monoisotopic (exact) mass is 483 g/mol. The molecule has 0 aromatic heterocycles. The van der Waals surface area contributed by atoms with Gasteiger partial charge in [-0.2, -0.15) is 0 Å². The molecule has 1 atom stereocenters. The van der Waals surface area contributed by atoms with Gasteiger partial charge in [-0.05, 0) is 67.1 Å². The number of hydrogen-bond acceptors (Lipinski definition) is 5. The van der Waals surface area contributed by atoms with E-state index in [1.165, 1.54) is 6.92 Å². The molecule has 36 heavy (non-hydrogen) atoms. The smallest absolute Gasteiger partial charge is 0.308 e. The summed E-state index contributed by atoms with van der Waals surface area (Å²) in [5, 5.41) is 7.52. The average molecular weight is 484 g/mol. The Morgan fingerprint density at radius 2 is 1.61 bits per heavy atom. The van der Waals surface area contributed by atoms with Crippen molar-refractivity contribution in [2.45, 2.75) is 38.6 Å². The Bertz CT molecular complexity index is 1290. The highest BCUT2D eigenvalue weighted by Gasteiger charge is 2.35. The lowest BCUT2D eigenvalue weighted by Gasteiger charge is -2.24. The summed E-state index contributed by atoms with van der Waals surface area (Å²) in [6.45, 7) is 1.85. The second kappa shape index (κ2) is 11.0. The first-order valence-electron chi connectivity index (χ1n) is 12.0. The van der Waals surface area contributed by atoms with Crippen LogP contribution in [-0.2, 0) is 17.6 Å². The number of likely N-dealkylation sites (tertiary alicyclic amines) is 1. The molecule has 0 bridgehead atoms. The minimum absolute atomic E-state index is 0.0662. The van der Waals surface area contributed by atoms with Gasteiger partial charge in [-0.25, -0.2) is 0 Å². The molecule has 7 nitrogen and oxygen atoms in total. The van der Waals surface area contributed by atoms with E-state index in [1.54, 1.807) is 47.4 Å². The normalized spacial score (nSPS) is 14.9. The van der Waals surface area contributed by atoms with Gasteiger partial charge in [-0.1, -0.05) is 42.5 Å². The summed E-state index contributed by atoms with van der Waals surface area (Å²) in [6, 6.07) is 21.1. The van der Waals surface area contributed by atoms with E-state index < -0.39 is 12.0 Å². The van der Waals surface area contributed by atoms with Crippen molar-refractivity contribution in [3.8, 4) is 5.75 Å². The van der Waals surface area contributed by atoms with Gasteiger partial charge in [-0.15, -0.1) is 0 Å². The fourth-order valence-electron chi connectivity index (χ4n) is 4.54. The maximum atomic E-state index is 13.6. The minimum Gasteiger partial charge on any atom is -0.426 e. The zero-order chi connectivity index (χ0) is 25.7. The van der Waals surface area contributed by atoms with Crippen LogP contribution in [0, 0.1) is 5.41 Å². The number of nitrogen functional groups attached to an aromatic ring is 1. The molecule has 0 aliphatic carbocycles. The first kappa shape index (κ1) is 24.9. The number of aryl methyl sites for hydroxylation is 2. The number of ether oxygens (including phenoxy) is 1. The van der Waals surface area contributed by atoms with Crippen molar-refractivity contribution in [1.29, 1.82) is 5.41 Å². The van der Waals surface area contributed by atoms with Crippen LogP contribution in [0.2, 0.25) is 0 Å². The molecule has 1 unspecified atom stereocenters. The van der Waals surface area contributed by atoms with Gasteiger partial charge in [0.05, 0.1) is 6.04 Å². The summed E-state index contributed by atoms with van der Waals surface area (Å²) >= 11 is 0. The quantitative estimate of drug-likeness (QED) is 0.164. The molecular formula is C29H29N3O4. The highest BCUT2D eigenvalue weighted by atomic mass is 16.5. The number of esters is 1. The number of amidine groups is 1. The van der Waals surface area contributed by atoms with Crippen molar-refractivity contribution in [2.75, 3.05) is 6.54 Å². The standard InChI is InChI=1S/C29H29N3O4/c1-19(33)36-26-16-15-24(18-23(26)10-9-20-6-3-2-4-7-20)27(34)25-8-5-17-32(25)29(35)22-13-11-21(12-14-22)28(30)31/h2-4,6-7,11-16,18,25H,5,8-10,17H2,1H3,(H3,30,31). The zero-order valence-electron chi connectivity index (χ0n) is 20.2. The van der Waals surface area contributed by atoms with Gasteiger partial charge < -0.3 is 15.4 Å². The van der Waals surface area contributed by atoms with Gasteiger partial charge in [-0.3, -0.25) is 19.8 Å². The lowest BCUT2D eigenvalue weighted by molar-refractivity contribution is -0.131. The van der Waals surface area contributed by atoms with Crippen molar-refractivity contribution in [2.24, 2.45) is 5.73 Å². The third kappa shape index (κ3) is 5.68. The van der Waals surface area contributed by atoms with Crippen LogP contribution >= 0.6 is 0 Å². The SMILES string of the molecule is CC(=O)Oc1ccc(C(=O)C2CCCN2C(=O)c2ccc(C(=N)N)cc2)cc1CCc1ccccc1. The molecular weight excluding hydrogens is 454 g/mol. The number of hydrogen-bond donors (Lipinski definition) is 2. The largest absolute Gasteiger partial charge is 0.426 e. The van der Waals surface area contributed by atoms with Crippen LogP contribution in [0.15, 0.2) is 72.8 Å². The van der Waals surface area contributed by atoms with Gasteiger partial charge >= 0.3 is 5.97 Å². The van der Waals surface area contributed by atoms with E-state index in [4.69, 9.17) is 15.9 Å². The van der Waals surface area contributed by atoms with Gasteiger partial charge in [0.25, 0.3) is 5.91 Å². The number of nitrogens with one attached hydrogen (secondary N) is 1. The van der Waals surface area contributed by atoms with Gasteiger partial charge in [0.15, 0.2) is 5.78 Å². The summed E-state index contributed by atoms with van der Waals surface area (Å²) in [4.78, 5) is 40.0. The summed E-state index contributed by atoms with van der Waals surface area (Å²) in [5.41, 5.74) is 8.91. The molecule has 1 amide bonds. The Labute approximate surface area is 210 Å². The number of nitrogens with zero attached hydrogens (tertiary/aromatic N) is 1. The fourth-order valence-corrected chi connectivity index (χ4v) is 4.54. The van der Waals surface area contributed by atoms with Crippen molar-refractivity contribution < 1.29 is 19.1 Å². The first-order chi connectivity index (χ1) is 17.3. The average Bonchev–Trinajstić information content (AvgIpc) is 3.37. The summed E-state index contributed by atoms with van der Waals surface area (Å²) in [6.07, 6.45) is 2.65.